The van der Waals surface area contributed by atoms with Crippen molar-refractivity contribution in [3.63, 3.8) is 0 Å². The number of nitrogens with zero attached hydrogens (tertiary/aromatic N) is 4. The van der Waals surface area contributed by atoms with Crippen molar-refractivity contribution >= 4 is 17.8 Å². The largest absolute Gasteiger partial charge is 0.356 e. The summed E-state index contributed by atoms with van der Waals surface area (Å²) in [7, 11) is 0. The first-order chi connectivity index (χ1) is 14.4. The molecule has 2 N–H and O–H groups in total. The van der Waals surface area contributed by atoms with Crippen LogP contribution >= 0.6 is 0 Å². The maximum Gasteiger partial charge on any atom is 0.325 e. The van der Waals surface area contributed by atoms with Gasteiger partial charge < -0.3 is 10.6 Å². The minimum absolute atomic E-state index is 0.0666. The van der Waals surface area contributed by atoms with Gasteiger partial charge in [-0.05, 0) is 45.1 Å². The SMILES string of the molecule is Cc1nn(CCC#N)c(C)c1CCC(=O)NCCCN1C(=O)NC2(CCCC2)C1=O. The molecule has 0 bridgehead atoms. The van der Waals surface area contributed by atoms with Gasteiger partial charge >= 0.3 is 6.03 Å². The molecule has 4 amide bonds. The Labute approximate surface area is 176 Å². The van der Waals surface area contributed by atoms with Gasteiger partial charge in [0.2, 0.25) is 5.91 Å². The Bertz CT molecular complexity index is 863. The van der Waals surface area contributed by atoms with E-state index in [4.69, 9.17) is 5.26 Å². The minimum Gasteiger partial charge on any atom is -0.356 e. The van der Waals surface area contributed by atoms with E-state index in [2.05, 4.69) is 21.8 Å². The van der Waals surface area contributed by atoms with E-state index in [1.54, 1.807) is 0 Å². The molecule has 3 rings (SSSR count). The Morgan fingerprint density at radius 2 is 2.00 bits per heavy atom. The summed E-state index contributed by atoms with van der Waals surface area (Å²) < 4.78 is 1.82. The van der Waals surface area contributed by atoms with E-state index >= 15 is 0 Å². The maximum atomic E-state index is 12.6. The second kappa shape index (κ2) is 9.28. The fourth-order valence-electron chi connectivity index (χ4n) is 4.46. The van der Waals surface area contributed by atoms with E-state index in [1.807, 2.05) is 18.5 Å². The number of nitrogens with one attached hydrogen (secondary N) is 2. The second-order valence-electron chi connectivity index (χ2n) is 8.16. The van der Waals surface area contributed by atoms with Crippen LogP contribution in [0.3, 0.4) is 0 Å². The smallest absolute Gasteiger partial charge is 0.325 e. The van der Waals surface area contributed by atoms with Gasteiger partial charge in [-0.25, -0.2) is 4.79 Å². The quantitative estimate of drug-likeness (QED) is 0.471. The first-order valence-electron chi connectivity index (χ1n) is 10.7. The fourth-order valence-corrected chi connectivity index (χ4v) is 4.46. The van der Waals surface area contributed by atoms with Gasteiger partial charge in [-0.2, -0.15) is 10.4 Å². The van der Waals surface area contributed by atoms with Crippen LogP contribution in [0.2, 0.25) is 0 Å². The van der Waals surface area contributed by atoms with Crippen LogP contribution in [0.1, 0.15) is 61.9 Å². The highest BCUT2D eigenvalue weighted by Crippen LogP contribution is 2.34. The van der Waals surface area contributed by atoms with Crippen LogP contribution in [0, 0.1) is 25.2 Å². The zero-order valence-corrected chi connectivity index (χ0v) is 17.8. The molecule has 1 aliphatic heterocycles. The van der Waals surface area contributed by atoms with Crippen molar-refractivity contribution in [3.05, 3.63) is 17.0 Å². The molecule has 0 aromatic carbocycles. The number of aryl methyl sites for hydroxylation is 2. The summed E-state index contributed by atoms with van der Waals surface area (Å²) >= 11 is 0. The molecule has 9 nitrogen and oxygen atoms in total. The molecule has 1 saturated heterocycles. The summed E-state index contributed by atoms with van der Waals surface area (Å²) in [6.45, 7) is 5.16. The summed E-state index contributed by atoms with van der Waals surface area (Å²) in [4.78, 5) is 38.2. The van der Waals surface area contributed by atoms with E-state index in [9.17, 15) is 14.4 Å². The first-order valence-corrected chi connectivity index (χ1v) is 10.7. The molecule has 0 unspecified atom stereocenters. The van der Waals surface area contributed by atoms with E-state index in [1.165, 1.54) is 4.90 Å². The Kier molecular flexibility index (Phi) is 6.75. The van der Waals surface area contributed by atoms with Gasteiger partial charge in [-0.15, -0.1) is 0 Å². The molecule has 2 heterocycles. The average Bonchev–Trinajstić information content (AvgIpc) is 3.35. The highest BCUT2D eigenvalue weighted by molar-refractivity contribution is 6.07. The van der Waals surface area contributed by atoms with Crippen LogP contribution in [0.4, 0.5) is 4.79 Å². The van der Waals surface area contributed by atoms with E-state index in [0.717, 1.165) is 42.6 Å². The van der Waals surface area contributed by atoms with Gasteiger partial charge in [0.15, 0.2) is 0 Å². The van der Waals surface area contributed by atoms with E-state index in [-0.39, 0.29) is 17.8 Å². The van der Waals surface area contributed by atoms with Crippen molar-refractivity contribution in [2.75, 3.05) is 13.1 Å². The molecule has 9 heteroatoms. The molecule has 2 fully saturated rings. The van der Waals surface area contributed by atoms with Crippen molar-refractivity contribution < 1.29 is 14.4 Å². The van der Waals surface area contributed by atoms with Crippen LogP contribution < -0.4 is 10.6 Å². The lowest BCUT2D eigenvalue weighted by Gasteiger charge is -2.20. The molecular formula is C21H30N6O3. The number of rotatable bonds is 9. The molecule has 2 aliphatic rings. The molecule has 30 heavy (non-hydrogen) atoms. The fraction of sp³-hybridized carbons (Fsp3) is 0.667. The molecule has 1 aliphatic carbocycles. The van der Waals surface area contributed by atoms with Gasteiger partial charge in [0, 0.05) is 25.2 Å². The van der Waals surface area contributed by atoms with Crippen molar-refractivity contribution in [1.82, 2.24) is 25.3 Å². The zero-order valence-electron chi connectivity index (χ0n) is 17.8. The standard InChI is InChI=1S/C21H30N6O3/c1-15-17(16(2)27(25-15)14-5-11-22)7-8-18(28)23-12-6-13-26-19(29)21(24-20(26)30)9-3-4-10-21/h3-10,12-14H2,1-2H3,(H,23,28)(H,24,30). The summed E-state index contributed by atoms with van der Waals surface area (Å²) in [5, 5.41) is 18.9. The molecule has 162 valence electrons. The summed E-state index contributed by atoms with van der Waals surface area (Å²) in [5.41, 5.74) is 2.25. The highest BCUT2D eigenvalue weighted by atomic mass is 16.2. The number of carbonyl (C=O) groups excluding carboxylic acids is 3. The normalized spacial score (nSPS) is 17.4. The summed E-state index contributed by atoms with van der Waals surface area (Å²) in [6.07, 6.45) is 5.24. The molecule has 1 spiro atoms. The lowest BCUT2D eigenvalue weighted by atomic mass is 9.98. The van der Waals surface area contributed by atoms with Crippen LogP contribution in [-0.2, 0) is 22.6 Å². The lowest BCUT2D eigenvalue weighted by molar-refractivity contribution is -0.131. The lowest BCUT2D eigenvalue weighted by Crippen LogP contribution is -2.44. The predicted octanol–water partition coefficient (Wildman–Crippen LogP) is 1.72. The average molecular weight is 415 g/mol. The first kappa shape index (κ1) is 21.8. The van der Waals surface area contributed by atoms with Crippen LogP contribution in [0.5, 0.6) is 0 Å². The van der Waals surface area contributed by atoms with Crippen molar-refractivity contribution in [2.24, 2.45) is 0 Å². The van der Waals surface area contributed by atoms with Crippen LogP contribution in [0.15, 0.2) is 0 Å². The number of urea groups is 1. The predicted molar refractivity (Wildman–Crippen MR) is 109 cm³/mol. The van der Waals surface area contributed by atoms with Crippen LogP contribution in [0.25, 0.3) is 0 Å². The number of imide groups is 1. The number of amides is 4. The molecular weight excluding hydrogens is 384 g/mol. The minimum atomic E-state index is -0.673. The maximum absolute atomic E-state index is 12.6. The number of aromatic nitrogens is 2. The second-order valence-corrected chi connectivity index (χ2v) is 8.16. The third kappa shape index (κ3) is 4.48. The molecule has 1 aromatic heterocycles. The molecule has 1 saturated carbocycles. The van der Waals surface area contributed by atoms with E-state index in [0.29, 0.717) is 45.3 Å². The van der Waals surface area contributed by atoms with Gasteiger partial charge in [0.25, 0.3) is 5.91 Å². The van der Waals surface area contributed by atoms with Gasteiger partial charge in [0.05, 0.1) is 24.7 Å². The number of hydrogen-bond donors (Lipinski definition) is 2. The number of nitriles is 1. The molecule has 0 atom stereocenters. The molecule has 1 aromatic rings. The Balaban J connectivity index is 1.40. The van der Waals surface area contributed by atoms with Crippen molar-refractivity contribution in [3.8, 4) is 6.07 Å². The summed E-state index contributed by atoms with van der Waals surface area (Å²) in [6, 6.07) is 1.80. The third-order valence-electron chi connectivity index (χ3n) is 6.15. The zero-order chi connectivity index (χ0) is 21.7. The summed E-state index contributed by atoms with van der Waals surface area (Å²) in [5.74, 6) is -0.182. The van der Waals surface area contributed by atoms with Gasteiger partial charge in [-0.3, -0.25) is 19.2 Å². The van der Waals surface area contributed by atoms with Crippen molar-refractivity contribution in [2.45, 2.75) is 77.3 Å². The molecule has 0 radical (unpaired) electrons. The highest BCUT2D eigenvalue weighted by Gasteiger charge is 2.51. The Morgan fingerprint density at radius 3 is 2.70 bits per heavy atom. The number of hydrogen-bond acceptors (Lipinski definition) is 5. The van der Waals surface area contributed by atoms with Crippen molar-refractivity contribution in [1.29, 1.82) is 5.26 Å². The number of carbonyl (C=O) groups is 3. The van der Waals surface area contributed by atoms with Gasteiger partial charge in [0.1, 0.15) is 5.54 Å². The van der Waals surface area contributed by atoms with Crippen LogP contribution in [-0.4, -0.2) is 51.2 Å². The topological polar surface area (TPSA) is 120 Å². The van der Waals surface area contributed by atoms with E-state index < -0.39 is 5.54 Å². The third-order valence-corrected chi connectivity index (χ3v) is 6.15. The van der Waals surface area contributed by atoms with Gasteiger partial charge in [-0.1, -0.05) is 12.8 Å². The monoisotopic (exact) mass is 414 g/mol. The Hall–Kier alpha value is -2.89. The Morgan fingerprint density at radius 1 is 1.27 bits per heavy atom.